The van der Waals surface area contributed by atoms with Crippen LogP contribution in [-0.2, 0) is 9.53 Å². The van der Waals surface area contributed by atoms with Gasteiger partial charge in [-0.3, -0.25) is 4.79 Å². The fourth-order valence-corrected chi connectivity index (χ4v) is 1.75. The molecule has 0 aromatic heterocycles. The molecule has 0 rings (SSSR count). The van der Waals surface area contributed by atoms with Crippen LogP contribution < -0.4 is 5.73 Å². The Labute approximate surface area is 90.1 Å². The molecule has 3 nitrogen and oxygen atoms in total. The van der Waals surface area contributed by atoms with E-state index in [0.717, 1.165) is 12.2 Å². The molecule has 2 N–H and O–H groups in total. The monoisotopic (exact) mass is 217 g/mol. The number of esters is 1. The summed E-state index contributed by atoms with van der Waals surface area (Å²) in [6, 6.07) is -0.510. The van der Waals surface area contributed by atoms with Crippen molar-refractivity contribution in [2.75, 3.05) is 18.1 Å². The first kappa shape index (κ1) is 13.5. The lowest BCUT2D eigenvalue weighted by atomic mass is 10.3. The molecule has 0 amide bonds. The van der Waals surface area contributed by atoms with Gasteiger partial charge in [0.05, 0.1) is 6.61 Å². The van der Waals surface area contributed by atoms with E-state index in [0.29, 0.717) is 12.4 Å². The highest BCUT2D eigenvalue weighted by atomic mass is 32.2. The zero-order valence-corrected chi connectivity index (χ0v) is 9.73. The van der Waals surface area contributed by atoms with Crippen molar-refractivity contribution < 1.29 is 9.53 Å². The summed E-state index contributed by atoms with van der Waals surface area (Å²) >= 11 is 1.62. The van der Waals surface area contributed by atoms with Gasteiger partial charge in [-0.1, -0.05) is 19.1 Å². The van der Waals surface area contributed by atoms with Gasteiger partial charge in [-0.05, 0) is 13.3 Å². The second-order valence-electron chi connectivity index (χ2n) is 2.98. The third kappa shape index (κ3) is 6.05. The van der Waals surface area contributed by atoms with E-state index in [1.807, 2.05) is 0 Å². The fourth-order valence-electron chi connectivity index (χ4n) is 0.750. The lowest BCUT2D eigenvalue weighted by molar-refractivity contribution is -0.144. The normalized spacial score (nSPS) is 12.2. The number of hydrogen-bond acceptors (Lipinski definition) is 4. The molecule has 0 radical (unpaired) electrons. The maximum Gasteiger partial charge on any atom is 0.323 e. The molecule has 4 heteroatoms. The predicted molar refractivity (Wildman–Crippen MR) is 61.4 cm³/mol. The molecule has 0 saturated carbocycles. The zero-order valence-electron chi connectivity index (χ0n) is 8.91. The summed E-state index contributed by atoms with van der Waals surface area (Å²) in [4.78, 5) is 11.1. The quantitative estimate of drug-likeness (QED) is 0.519. The van der Waals surface area contributed by atoms with Crippen LogP contribution in [0.5, 0.6) is 0 Å². The highest BCUT2D eigenvalue weighted by molar-refractivity contribution is 7.99. The molecule has 1 atom stereocenters. The summed E-state index contributed by atoms with van der Waals surface area (Å²) < 4.78 is 4.79. The summed E-state index contributed by atoms with van der Waals surface area (Å²) in [6.45, 7) is 8.10. The third-order valence-corrected chi connectivity index (χ3v) is 2.90. The summed E-state index contributed by atoms with van der Waals surface area (Å²) in [7, 11) is 0. The molecule has 0 aliphatic heterocycles. The Bertz CT molecular complexity index is 195. The maximum atomic E-state index is 11.1. The van der Waals surface area contributed by atoms with Crippen LogP contribution >= 0.6 is 11.8 Å². The molecule has 0 aromatic rings. The number of thioether (sulfide) groups is 1. The molecule has 0 spiro atoms. The van der Waals surface area contributed by atoms with Crippen LogP contribution in [0.1, 0.15) is 20.3 Å². The van der Waals surface area contributed by atoms with Gasteiger partial charge in [-0.15, -0.1) is 0 Å². The van der Waals surface area contributed by atoms with Gasteiger partial charge in [-0.2, -0.15) is 11.8 Å². The number of carbonyl (C=O) groups is 1. The van der Waals surface area contributed by atoms with Crippen molar-refractivity contribution in [1.82, 2.24) is 0 Å². The van der Waals surface area contributed by atoms with Crippen LogP contribution in [0.15, 0.2) is 12.2 Å². The molecule has 0 heterocycles. The number of ether oxygens (including phenoxy) is 1. The molecule has 1 unspecified atom stereocenters. The lowest BCUT2D eigenvalue weighted by Gasteiger charge is -2.10. The second kappa shape index (κ2) is 7.88. The summed E-state index contributed by atoms with van der Waals surface area (Å²) in [6.07, 6.45) is 0.974. The summed E-state index contributed by atoms with van der Waals surface area (Å²) in [5, 5.41) is 0. The molecule has 0 aromatic carbocycles. The molecule has 0 aliphatic carbocycles. The Hall–Kier alpha value is -0.480. The molecule has 82 valence electrons. The van der Waals surface area contributed by atoms with Gasteiger partial charge >= 0.3 is 5.97 Å². The molecule has 14 heavy (non-hydrogen) atoms. The second-order valence-corrected chi connectivity index (χ2v) is 4.01. The average Bonchev–Trinajstić information content (AvgIpc) is 2.17. The Kier molecular flexibility index (Phi) is 7.61. The van der Waals surface area contributed by atoms with E-state index < -0.39 is 6.04 Å². The van der Waals surface area contributed by atoms with Crippen molar-refractivity contribution in [3.63, 3.8) is 0 Å². The highest BCUT2D eigenvalue weighted by Crippen LogP contribution is 2.10. The Balaban J connectivity index is 3.58. The van der Waals surface area contributed by atoms with Gasteiger partial charge in [0, 0.05) is 11.5 Å². The van der Waals surface area contributed by atoms with Crippen LogP contribution in [0.2, 0.25) is 0 Å². The number of hydrogen-bond donors (Lipinski definition) is 1. The van der Waals surface area contributed by atoms with Gasteiger partial charge in [0.25, 0.3) is 0 Å². The van der Waals surface area contributed by atoms with Crippen molar-refractivity contribution in [2.24, 2.45) is 5.73 Å². The van der Waals surface area contributed by atoms with Crippen LogP contribution in [-0.4, -0.2) is 30.1 Å². The Morgan fingerprint density at radius 3 is 2.71 bits per heavy atom. The minimum atomic E-state index is -0.510. The van der Waals surface area contributed by atoms with E-state index in [9.17, 15) is 4.79 Å². The van der Waals surface area contributed by atoms with Gasteiger partial charge in [0.1, 0.15) is 6.04 Å². The van der Waals surface area contributed by atoms with Crippen molar-refractivity contribution in [3.8, 4) is 0 Å². The topological polar surface area (TPSA) is 52.3 Å². The van der Waals surface area contributed by atoms with Crippen LogP contribution in [0.4, 0.5) is 0 Å². The highest BCUT2D eigenvalue weighted by Gasteiger charge is 2.13. The minimum Gasteiger partial charge on any atom is -0.465 e. The van der Waals surface area contributed by atoms with E-state index in [4.69, 9.17) is 10.5 Å². The van der Waals surface area contributed by atoms with Crippen molar-refractivity contribution in [3.05, 3.63) is 12.2 Å². The number of rotatable bonds is 7. The van der Waals surface area contributed by atoms with E-state index in [2.05, 4.69) is 13.5 Å². The van der Waals surface area contributed by atoms with Crippen LogP contribution in [0.3, 0.4) is 0 Å². The van der Waals surface area contributed by atoms with E-state index in [-0.39, 0.29) is 5.97 Å². The molecular weight excluding hydrogens is 198 g/mol. The molecule has 0 bridgehead atoms. The number of carbonyl (C=O) groups excluding carboxylic acids is 1. The fraction of sp³-hybridized carbons (Fsp3) is 0.700. The maximum absolute atomic E-state index is 11.1. The predicted octanol–water partition coefficient (Wildman–Crippen LogP) is 1.58. The van der Waals surface area contributed by atoms with E-state index in [1.165, 1.54) is 5.57 Å². The average molecular weight is 217 g/mol. The molecule has 0 aliphatic rings. The Morgan fingerprint density at radius 1 is 1.57 bits per heavy atom. The molecule has 0 saturated heterocycles. The van der Waals surface area contributed by atoms with Gasteiger partial charge in [-0.25, -0.2) is 0 Å². The van der Waals surface area contributed by atoms with Gasteiger partial charge in [0.15, 0.2) is 0 Å². The largest absolute Gasteiger partial charge is 0.465 e. The van der Waals surface area contributed by atoms with Crippen LogP contribution in [0.25, 0.3) is 0 Å². The van der Waals surface area contributed by atoms with Crippen LogP contribution in [0, 0.1) is 0 Å². The van der Waals surface area contributed by atoms with Crippen molar-refractivity contribution >= 4 is 17.7 Å². The van der Waals surface area contributed by atoms with E-state index in [1.54, 1.807) is 18.7 Å². The molecule has 0 fully saturated rings. The third-order valence-electron chi connectivity index (χ3n) is 1.69. The Morgan fingerprint density at radius 2 is 2.21 bits per heavy atom. The zero-order chi connectivity index (χ0) is 11.0. The first-order valence-electron chi connectivity index (χ1n) is 4.78. The van der Waals surface area contributed by atoms with Crippen molar-refractivity contribution in [1.29, 1.82) is 0 Å². The van der Waals surface area contributed by atoms with Gasteiger partial charge in [0.2, 0.25) is 0 Å². The number of nitrogens with two attached hydrogens (primary N) is 1. The SMILES string of the molecule is C=C(CC)CSCC(N)C(=O)OCC. The van der Waals surface area contributed by atoms with E-state index >= 15 is 0 Å². The van der Waals surface area contributed by atoms with Gasteiger partial charge < -0.3 is 10.5 Å². The summed E-state index contributed by atoms with van der Waals surface area (Å²) in [5.41, 5.74) is 6.78. The lowest BCUT2D eigenvalue weighted by Crippen LogP contribution is -2.34. The molecular formula is C10H19NO2S. The minimum absolute atomic E-state index is 0.317. The first-order valence-corrected chi connectivity index (χ1v) is 5.93. The van der Waals surface area contributed by atoms with Crippen molar-refractivity contribution in [2.45, 2.75) is 26.3 Å². The summed E-state index contributed by atoms with van der Waals surface area (Å²) in [5.74, 6) is 1.14. The smallest absolute Gasteiger partial charge is 0.323 e. The first-order chi connectivity index (χ1) is 6.61. The standard InChI is InChI=1S/C10H19NO2S/c1-4-8(3)6-14-7-9(11)10(12)13-5-2/h9H,3-7,11H2,1-2H3.